The van der Waals surface area contributed by atoms with E-state index in [4.69, 9.17) is 0 Å². The number of rotatable bonds is 1. The van der Waals surface area contributed by atoms with Gasteiger partial charge in [0.1, 0.15) is 5.66 Å². The Hall–Kier alpha value is -2.04. The Morgan fingerprint density at radius 2 is 2.13 bits per heavy atom. The lowest BCUT2D eigenvalue weighted by molar-refractivity contribution is -0.126. The number of carbonyl (C=O) groups excluding carboxylic acids is 1. The molecule has 3 heterocycles. The smallest absolute Gasteiger partial charge is 0.174 e. The molecule has 2 unspecified atom stereocenters. The van der Waals surface area contributed by atoms with Crippen LogP contribution in [-0.2, 0) is 4.79 Å². The van der Waals surface area contributed by atoms with Crippen LogP contribution >= 0.6 is 0 Å². The zero-order chi connectivity index (χ0) is 15.6. The second kappa shape index (κ2) is 4.49. The van der Waals surface area contributed by atoms with Crippen molar-refractivity contribution >= 4 is 5.78 Å². The summed E-state index contributed by atoms with van der Waals surface area (Å²) in [7, 11) is 0. The minimum atomic E-state index is -0.377. The third kappa shape index (κ3) is 1.68. The Balaban J connectivity index is 1.63. The Morgan fingerprint density at radius 1 is 1.26 bits per heavy atom. The molecule has 0 aromatic rings. The molecule has 0 radical (unpaired) electrons. The van der Waals surface area contributed by atoms with Crippen molar-refractivity contribution in [2.24, 2.45) is 11.8 Å². The van der Waals surface area contributed by atoms with E-state index in [0.717, 1.165) is 12.1 Å². The molecule has 1 spiro atoms. The Labute approximate surface area is 134 Å². The molecule has 3 aliphatic heterocycles. The van der Waals surface area contributed by atoms with E-state index in [0.29, 0.717) is 23.0 Å². The predicted molar refractivity (Wildman–Crippen MR) is 84.0 cm³/mol. The molecule has 5 aliphatic rings. The lowest BCUT2D eigenvalue weighted by Crippen LogP contribution is -2.63. The van der Waals surface area contributed by atoms with Crippen molar-refractivity contribution in [3.8, 4) is 0 Å². The number of allylic oxidation sites excluding steroid dienone is 3. The Kier molecular flexibility index (Phi) is 2.62. The molecule has 2 aliphatic carbocycles. The molecule has 1 saturated heterocycles. The SMILES string of the molecule is O=C1C2=CN(F)CC=C2N2C=C(C3CCC3)NC23CC=CCC13. The lowest BCUT2D eigenvalue weighted by Gasteiger charge is -2.51. The number of piperidine rings is 1. The zero-order valence-corrected chi connectivity index (χ0v) is 13.0. The molecular weight excluding hydrogens is 293 g/mol. The maximum Gasteiger partial charge on any atom is 0.174 e. The summed E-state index contributed by atoms with van der Waals surface area (Å²) in [6.07, 6.45) is 14.9. The average molecular weight is 313 g/mol. The van der Waals surface area contributed by atoms with Gasteiger partial charge in [0.2, 0.25) is 0 Å². The van der Waals surface area contributed by atoms with Crippen LogP contribution in [0.2, 0.25) is 0 Å². The van der Waals surface area contributed by atoms with E-state index in [-0.39, 0.29) is 23.9 Å². The van der Waals surface area contributed by atoms with Crippen LogP contribution in [0, 0.1) is 11.8 Å². The number of halogens is 1. The summed E-state index contributed by atoms with van der Waals surface area (Å²) in [5.74, 6) is 0.497. The fourth-order valence-electron chi connectivity index (χ4n) is 4.52. The normalized spacial score (nSPS) is 35.4. The second-order valence-corrected chi connectivity index (χ2v) is 7.17. The first-order valence-electron chi connectivity index (χ1n) is 8.52. The van der Waals surface area contributed by atoms with Gasteiger partial charge in [0.15, 0.2) is 5.78 Å². The first-order chi connectivity index (χ1) is 11.2. The Bertz CT molecular complexity index is 703. The molecule has 2 fully saturated rings. The van der Waals surface area contributed by atoms with Crippen LogP contribution in [0.3, 0.4) is 0 Å². The number of hydrogen-bond acceptors (Lipinski definition) is 4. The van der Waals surface area contributed by atoms with E-state index in [2.05, 4.69) is 28.6 Å². The monoisotopic (exact) mass is 313 g/mol. The van der Waals surface area contributed by atoms with E-state index < -0.39 is 0 Å². The molecule has 1 N–H and O–H groups in total. The zero-order valence-electron chi connectivity index (χ0n) is 13.0. The Morgan fingerprint density at radius 3 is 2.91 bits per heavy atom. The summed E-state index contributed by atoms with van der Waals surface area (Å²) in [5.41, 5.74) is 2.27. The van der Waals surface area contributed by atoms with Gasteiger partial charge >= 0.3 is 0 Å². The van der Waals surface area contributed by atoms with Crippen LogP contribution in [0.25, 0.3) is 0 Å². The van der Waals surface area contributed by atoms with Gasteiger partial charge in [-0.15, -0.1) is 4.48 Å². The van der Waals surface area contributed by atoms with E-state index in [1.807, 2.05) is 6.08 Å². The maximum absolute atomic E-state index is 13.7. The van der Waals surface area contributed by atoms with Crippen LogP contribution in [-0.4, -0.2) is 28.0 Å². The van der Waals surface area contributed by atoms with Crippen LogP contribution in [0.1, 0.15) is 32.1 Å². The summed E-state index contributed by atoms with van der Waals surface area (Å²) >= 11 is 0. The fourth-order valence-corrected chi connectivity index (χ4v) is 4.52. The summed E-state index contributed by atoms with van der Waals surface area (Å²) in [4.78, 5) is 15.2. The summed E-state index contributed by atoms with van der Waals surface area (Å²) in [6.45, 7) is 0.200. The molecule has 1 saturated carbocycles. The number of hydrogen-bond donors (Lipinski definition) is 1. The molecule has 5 rings (SSSR count). The molecule has 23 heavy (non-hydrogen) atoms. The van der Waals surface area contributed by atoms with Gasteiger partial charge in [-0.1, -0.05) is 18.6 Å². The highest BCUT2D eigenvalue weighted by Gasteiger charge is 2.57. The van der Waals surface area contributed by atoms with Gasteiger partial charge < -0.3 is 10.2 Å². The fraction of sp³-hybridized carbons (Fsp3) is 0.500. The number of nitrogens with one attached hydrogen (secondary N) is 1. The van der Waals surface area contributed by atoms with Crippen molar-refractivity contribution in [1.82, 2.24) is 15.3 Å². The highest BCUT2D eigenvalue weighted by molar-refractivity contribution is 6.03. The van der Waals surface area contributed by atoms with Gasteiger partial charge in [-0.3, -0.25) is 4.79 Å². The largest absolute Gasteiger partial charge is 0.363 e. The van der Waals surface area contributed by atoms with Crippen molar-refractivity contribution in [3.05, 3.63) is 47.6 Å². The second-order valence-electron chi connectivity index (χ2n) is 7.17. The van der Waals surface area contributed by atoms with Gasteiger partial charge in [-0.05, 0) is 25.3 Å². The molecule has 0 bridgehead atoms. The van der Waals surface area contributed by atoms with Crippen molar-refractivity contribution in [1.29, 1.82) is 0 Å². The van der Waals surface area contributed by atoms with Crippen LogP contribution in [0.5, 0.6) is 0 Å². The minimum absolute atomic E-state index is 0.0648. The third-order valence-electron chi connectivity index (χ3n) is 5.99. The number of Topliss-reactive ketones (excluding diaryl/α,β-unsaturated/α-hetero) is 1. The molecule has 2 atom stereocenters. The quantitative estimate of drug-likeness (QED) is 0.596. The minimum Gasteiger partial charge on any atom is -0.363 e. The van der Waals surface area contributed by atoms with Crippen molar-refractivity contribution in [2.75, 3.05) is 6.54 Å². The maximum atomic E-state index is 13.7. The molecule has 0 aromatic carbocycles. The molecule has 120 valence electrons. The number of ketones is 1. The van der Waals surface area contributed by atoms with Gasteiger partial charge in [0.25, 0.3) is 0 Å². The van der Waals surface area contributed by atoms with Gasteiger partial charge in [0.05, 0.1) is 23.7 Å². The van der Waals surface area contributed by atoms with E-state index in [9.17, 15) is 9.28 Å². The summed E-state index contributed by atoms with van der Waals surface area (Å²) in [6, 6.07) is 0. The molecule has 4 nitrogen and oxygen atoms in total. The van der Waals surface area contributed by atoms with Crippen LogP contribution in [0.15, 0.2) is 47.6 Å². The van der Waals surface area contributed by atoms with Gasteiger partial charge in [0, 0.05) is 30.4 Å². The lowest BCUT2D eigenvalue weighted by atomic mass is 9.72. The number of carbonyl (C=O) groups is 1. The average Bonchev–Trinajstić information content (AvgIpc) is 2.85. The highest BCUT2D eigenvalue weighted by atomic mass is 19.2. The van der Waals surface area contributed by atoms with Crippen LogP contribution < -0.4 is 5.32 Å². The predicted octanol–water partition coefficient (Wildman–Crippen LogP) is 2.75. The standard InChI is InChI=1S/C18H20FN3O/c19-21-9-7-16-13(10-21)17(23)14-6-1-2-8-18(14)20-15(11-22(16)18)12-4-3-5-12/h1-2,7,10-12,14,20H,3-6,8-9H2. The van der Waals surface area contributed by atoms with Gasteiger partial charge in [-0.25, -0.2) is 5.12 Å². The van der Waals surface area contributed by atoms with E-state index in [1.54, 1.807) is 0 Å². The molecule has 0 amide bonds. The highest BCUT2D eigenvalue weighted by Crippen LogP contribution is 2.50. The van der Waals surface area contributed by atoms with E-state index in [1.165, 1.54) is 31.2 Å². The summed E-state index contributed by atoms with van der Waals surface area (Å²) < 4.78 is 13.7. The molecule has 5 heteroatoms. The van der Waals surface area contributed by atoms with E-state index >= 15 is 0 Å². The van der Waals surface area contributed by atoms with Crippen molar-refractivity contribution < 1.29 is 9.28 Å². The van der Waals surface area contributed by atoms with Crippen molar-refractivity contribution in [3.63, 3.8) is 0 Å². The summed E-state index contributed by atoms with van der Waals surface area (Å²) in [5, 5.41) is 4.32. The molecule has 0 aromatic heterocycles. The first-order valence-corrected chi connectivity index (χ1v) is 8.52. The van der Waals surface area contributed by atoms with Gasteiger partial charge in [-0.2, -0.15) is 0 Å². The molecular formula is C18H20FN3O. The first kappa shape index (κ1) is 13.4. The third-order valence-corrected chi connectivity index (χ3v) is 5.99. The number of nitrogens with zero attached hydrogens (tertiary/aromatic N) is 2. The van der Waals surface area contributed by atoms with Crippen molar-refractivity contribution in [2.45, 2.75) is 37.8 Å². The number of fused-ring (bicyclic) bond motifs is 2. The topological polar surface area (TPSA) is 35.6 Å². The van der Waals surface area contributed by atoms with Crippen LogP contribution in [0.4, 0.5) is 4.48 Å².